The van der Waals surface area contributed by atoms with Crippen molar-refractivity contribution in [3.63, 3.8) is 0 Å². The molecular formula is C5H11N5O2S. The Morgan fingerprint density at radius 3 is 2.85 bits per heavy atom. The molecule has 0 aliphatic carbocycles. The second-order valence-electron chi connectivity index (χ2n) is 2.10. The van der Waals surface area contributed by atoms with E-state index in [1.807, 2.05) is 6.92 Å². The minimum atomic E-state index is -0.804. The Morgan fingerprint density at radius 2 is 2.38 bits per heavy atom. The first-order valence-electron chi connectivity index (χ1n) is 3.59. The average molecular weight is 205 g/mol. The van der Waals surface area contributed by atoms with Gasteiger partial charge in [-0.15, -0.1) is 0 Å². The summed E-state index contributed by atoms with van der Waals surface area (Å²) in [7, 11) is 0. The number of nitrogens with zero attached hydrogens (tertiary/aromatic N) is 2. The van der Waals surface area contributed by atoms with Crippen molar-refractivity contribution in [3.8, 4) is 0 Å². The van der Waals surface area contributed by atoms with Crippen LogP contribution in [0.3, 0.4) is 0 Å². The summed E-state index contributed by atoms with van der Waals surface area (Å²) in [6, 6.07) is 0. The topological polar surface area (TPSA) is 106 Å². The number of aliphatic imine (C=N–C) groups is 1. The zero-order valence-corrected chi connectivity index (χ0v) is 7.93. The van der Waals surface area contributed by atoms with Gasteiger partial charge in [-0.05, 0) is 18.6 Å². The van der Waals surface area contributed by atoms with E-state index in [9.17, 15) is 10.1 Å². The maximum Gasteiger partial charge on any atom is 0.258 e. The monoisotopic (exact) mass is 205 g/mol. The molecule has 8 heteroatoms. The summed E-state index contributed by atoms with van der Waals surface area (Å²) in [6.07, 6.45) is 0.887. The summed E-state index contributed by atoms with van der Waals surface area (Å²) in [5.41, 5.74) is 6.79. The van der Waals surface area contributed by atoms with Gasteiger partial charge in [0.25, 0.3) is 5.96 Å². The van der Waals surface area contributed by atoms with Gasteiger partial charge in [0.2, 0.25) is 0 Å². The molecule has 0 heterocycles. The molecule has 0 saturated heterocycles. The first-order valence-corrected chi connectivity index (χ1v) is 4.00. The Morgan fingerprint density at radius 1 is 1.77 bits per heavy atom. The van der Waals surface area contributed by atoms with Crippen LogP contribution in [0.1, 0.15) is 13.3 Å². The summed E-state index contributed by atoms with van der Waals surface area (Å²) in [6.45, 7) is 2.62. The number of rotatable bonds is 3. The molecule has 0 unspecified atom stereocenters. The Bertz CT molecular complexity index is 229. The molecule has 7 nitrogen and oxygen atoms in total. The van der Waals surface area contributed by atoms with E-state index in [0.717, 1.165) is 6.42 Å². The summed E-state index contributed by atoms with van der Waals surface area (Å²) < 4.78 is 0. The predicted octanol–water partition coefficient (Wildman–Crippen LogP) is -0.633. The highest BCUT2D eigenvalue weighted by Crippen LogP contribution is 1.77. The van der Waals surface area contributed by atoms with Crippen LogP contribution >= 0.6 is 12.2 Å². The fraction of sp³-hybridized carbons (Fsp3) is 0.600. The van der Waals surface area contributed by atoms with Gasteiger partial charge in [-0.2, -0.15) is 4.99 Å². The second kappa shape index (κ2) is 6.12. The van der Waals surface area contributed by atoms with Crippen molar-refractivity contribution in [2.45, 2.75) is 13.3 Å². The van der Waals surface area contributed by atoms with Crippen LogP contribution in [0.15, 0.2) is 4.99 Å². The number of nitrogens with two attached hydrogens (primary N) is 1. The van der Waals surface area contributed by atoms with Gasteiger partial charge in [0, 0.05) is 6.54 Å². The van der Waals surface area contributed by atoms with Crippen LogP contribution in [-0.4, -0.2) is 22.6 Å². The molecule has 0 bridgehead atoms. The lowest BCUT2D eigenvalue weighted by Crippen LogP contribution is -2.38. The molecule has 0 saturated carbocycles. The third kappa shape index (κ3) is 6.94. The van der Waals surface area contributed by atoms with Gasteiger partial charge in [-0.3, -0.25) is 0 Å². The molecule has 0 rings (SSSR count). The Balaban J connectivity index is 3.91. The Kier molecular flexibility index (Phi) is 5.44. The third-order valence-corrected chi connectivity index (χ3v) is 1.19. The summed E-state index contributed by atoms with van der Waals surface area (Å²) in [4.78, 5) is 13.4. The maximum absolute atomic E-state index is 9.88. The van der Waals surface area contributed by atoms with E-state index in [1.165, 1.54) is 0 Å². The summed E-state index contributed by atoms with van der Waals surface area (Å²) in [5.74, 6) is -0.335. The van der Waals surface area contributed by atoms with Crippen LogP contribution < -0.4 is 16.5 Å². The Hall–Kier alpha value is -1.44. The Labute approximate surface area is 80.5 Å². The summed E-state index contributed by atoms with van der Waals surface area (Å²) >= 11 is 4.71. The van der Waals surface area contributed by atoms with Gasteiger partial charge in [0.05, 0.1) is 0 Å². The van der Waals surface area contributed by atoms with Crippen molar-refractivity contribution in [1.82, 2.24) is 10.7 Å². The minimum absolute atomic E-state index is 0.133. The number of nitrogens with one attached hydrogen (secondary N) is 2. The molecule has 0 aromatic rings. The number of hydrogen-bond donors (Lipinski definition) is 3. The van der Waals surface area contributed by atoms with Gasteiger partial charge in [0.15, 0.2) is 10.1 Å². The number of hydrogen-bond acceptors (Lipinski definition) is 3. The van der Waals surface area contributed by atoms with E-state index < -0.39 is 5.03 Å². The zero-order chi connectivity index (χ0) is 10.3. The molecule has 0 atom stereocenters. The number of hydrazine groups is 1. The molecule has 4 N–H and O–H groups in total. The molecule has 0 aliphatic heterocycles. The van der Waals surface area contributed by atoms with Crippen molar-refractivity contribution in [1.29, 1.82) is 0 Å². The number of nitro groups is 1. The van der Waals surface area contributed by atoms with Crippen molar-refractivity contribution in [3.05, 3.63) is 10.1 Å². The largest absolute Gasteiger partial charge is 0.365 e. The van der Waals surface area contributed by atoms with Crippen molar-refractivity contribution in [2.24, 2.45) is 10.7 Å². The second-order valence-corrected chi connectivity index (χ2v) is 2.48. The fourth-order valence-electron chi connectivity index (χ4n) is 0.499. The smallest absolute Gasteiger partial charge is 0.258 e. The van der Waals surface area contributed by atoms with Crippen LogP contribution in [0.2, 0.25) is 0 Å². The van der Waals surface area contributed by atoms with Crippen molar-refractivity contribution < 1.29 is 5.03 Å². The van der Waals surface area contributed by atoms with Gasteiger partial charge >= 0.3 is 0 Å². The molecular weight excluding hydrogens is 194 g/mol. The van der Waals surface area contributed by atoms with Gasteiger partial charge in [0.1, 0.15) is 0 Å². The molecule has 74 valence electrons. The lowest BCUT2D eigenvalue weighted by Gasteiger charge is -2.00. The zero-order valence-electron chi connectivity index (χ0n) is 7.11. The third-order valence-electron chi connectivity index (χ3n) is 0.954. The highest BCUT2D eigenvalue weighted by Gasteiger charge is 1.99. The van der Waals surface area contributed by atoms with Crippen LogP contribution in [0, 0.1) is 10.1 Å². The first-order chi connectivity index (χ1) is 6.06. The lowest BCUT2D eigenvalue weighted by molar-refractivity contribution is -0.525. The van der Waals surface area contributed by atoms with E-state index in [0.29, 0.717) is 6.54 Å². The van der Waals surface area contributed by atoms with E-state index in [4.69, 9.17) is 18.0 Å². The molecule has 0 aliphatic rings. The van der Waals surface area contributed by atoms with E-state index >= 15 is 0 Å². The average Bonchev–Trinajstić information content (AvgIpc) is 1.98. The van der Waals surface area contributed by atoms with E-state index in [2.05, 4.69) is 10.3 Å². The van der Waals surface area contributed by atoms with Crippen molar-refractivity contribution >= 4 is 23.3 Å². The van der Waals surface area contributed by atoms with Gasteiger partial charge in [-0.25, -0.2) is 10.1 Å². The van der Waals surface area contributed by atoms with E-state index in [1.54, 1.807) is 5.43 Å². The molecule has 0 fully saturated rings. The molecule has 0 amide bonds. The molecule has 0 radical (unpaired) electrons. The summed E-state index contributed by atoms with van der Waals surface area (Å²) in [5, 5.41) is 11.9. The quantitative estimate of drug-likeness (QED) is 0.186. The standard InChI is InChI=1S/C5H11N5O2S/c1-2-3-7-5(13)8-4(6)9-10(11)12/h2-3H2,1H3,(H4,6,7,8,9,13). The molecule has 0 aromatic carbocycles. The maximum atomic E-state index is 9.88. The molecule has 13 heavy (non-hydrogen) atoms. The van der Waals surface area contributed by atoms with Crippen LogP contribution in [0.4, 0.5) is 0 Å². The van der Waals surface area contributed by atoms with Gasteiger partial charge < -0.3 is 11.1 Å². The van der Waals surface area contributed by atoms with Crippen molar-refractivity contribution in [2.75, 3.05) is 6.54 Å². The van der Waals surface area contributed by atoms with Crippen LogP contribution in [0.5, 0.6) is 0 Å². The lowest BCUT2D eigenvalue weighted by atomic mass is 10.5. The highest BCUT2D eigenvalue weighted by molar-refractivity contribution is 7.80. The molecule has 0 spiro atoms. The number of guanidine groups is 1. The highest BCUT2D eigenvalue weighted by atomic mass is 32.1. The van der Waals surface area contributed by atoms with E-state index in [-0.39, 0.29) is 11.1 Å². The SMILES string of the molecule is CCCNC(=S)/N=C(\N)N[N+](=O)[O-]. The normalized spacial score (nSPS) is 10.7. The minimum Gasteiger partial charge on any atom is -0.365 e. The first kappa shape index (κ1) is 11.6. The van der Waals surface area contributed by atoms with Crippen LogP contribution in [0.25, 0.3) is 0 Å². The van der Waals surface area contributed by atoms with Crippen LogP contribution in [-0.2, 0) is 0 Å². The van der Waals surface area contributed by atoms with Gasteiger partial charge in [-0.1, -0.05) is 12.3 Å². The predicted molar refractivity (Wildman–Crippen MR) is 52.6 cm³/mol. The fourth-order valence-corrected chi connectivity index (χ4v) is 0.700. The molecule has 0 aromatic heterocycles. The number of thiocarbonyl (C=S) groups is 1.